The molecule has 1 aromatic rings. The van der Waals surface area contributed by atoms with Gasteiger partial charge in [-0.25, -0.2) is 4.79 Å². The lowest BCUT2D eigenvalue weighted by Crippen LogP contribution is -2.39. The lowest BCUT2D eigenvalue weighted by atomic mass is 9.97. The number of hydrogen-bond acceptors (Lipinski definition) is 4. The van der Waals surface area contributed by atoms with Crippen LogP contribution in [-0.2, 0) is 6.54 Å². The Bertz CT molecular complexity index is 407. The quantitative estimate of drug-likeness (QED) is 0.693. The zero-order chi connectivity index (χ0) is 13.8. The van der Waals surface area contributed by atoms with Gasteiger partial charge in [0.05, 0.1) is 5.60 Å². The van der Waals surface area contributed by atoms with Gasteiger partial charge in [0.15, 0.2) is 0 Å². The van der Waals surface area contributed by atoms with Crippen LogP contribution in [0.2, 0.25) is 0 Å². The lowest BCUT2D eigenvalue weighted by Gasteiger charge is -2.25. The molecule has 1 heterocycles. The van der Waals surface area contributed by atoms with E-state index in [1.54, 1.807) is 6.92 Å². The smallest absolute Gasteiger partial charge is 0.371 e. The van der Waals surface area contributed by atoms with Crippen molar-refractivity contribution >= 4 is 5.97 Å². The highest BCUT2D eigenvalue weighted by Gasteiger charge is 2.21. The Morgan fingerprint density at radius 1 is 1.44 bits per heavy atom. The van der Waals surface area contributed by atoms with E-state index in [1.165, 1.54) is 6.07 Å². The molecule has 102 valence electrons. The normalized spacial score (nSPS) is 11.8. The van der Waals surface area contributed by atoms with Gasteiger partial charge in [-0.1, -0.05) is 13.8 Å². The van der Waals surface area contributed by atoms with Gasteiger partial charge in [-0.2, -0.15) is 0 Å². The molecule has 0 aliphatic rings. The highest BCUT2D eigenvalue weighted by atomic mass is 16.4. The van der Waals surface area contributed by atoms with Crippen molar-refractivity contribution < 1.29 is 19.4 Å². The van der Waals surface area contributed by atoms with Crippen molar-refractivity contribution in [3.05, 3.63) is 23.2 Å². The van der Waals surface area contributed by atoms with Crippen LogP contribution < -0.4 is 5.32 Å². The van der Waals surface area contributed by atoms with Crippen LogP contribution in [0.1, 0.15) is 48.6 Å². The third-order valence-electron chi connectivity index (χ3n) is 3.32. The summed E-state index contributed by atoms with van der Waals surface area (Å²) in [5.41, 5.74) is 0.106. The molecule has 0 bridgehead atoms. The molecule has 0 fully saturated rings. The fourth-order valence-electron chi connectivity index (χ4n) is 1.73. The van der Waals surface area contributed by atoms with Crippen LogP contribution in [0.15, 0.2) is 10.5 Å². The minimum atomic E-state index is -1.07. The summed E-state index contributed by atoms with van der Waals surface area (Å²) in [6.07, 6.45) is 1.36. The number of hydrogen-bond donors (Lipinski definition) is 3. The van der Waals surface area contributed by atoms with Gasteiger partial charge >= 0.3 is 5.97 Å². The van der Waals surface area contributed by atoms with Crippen molar-refractivity contribution in [2.45, 2.75) is 45.8 Å². The van der Waals surface area contributed by atoms with Crippen LogP contribution in [0.25, 0.3) is 0 Å². The first kappa shape index (κ1) is 14.7. The third-order valence-corrected chi connectivity index (χ3v) is 3.32. The maximum absolute atomic E-state index is 10.7. The van der Waals surface area contributed by atoms with Gasteiger partial charge in [0, 0.05) is 18.7 Å². The monoisotopic (exact) mass is 255 g/mol. The van der Waals surface area contributed by atoms with Crippen molar-refractivity contribution in [2.24, 2.45) is 0 Å². The molecule has 5 heteroatoms. The van der Waals surface area contributed by atoms with Crippen LogP contribution in [0.5, 0.6) is 0 Å². The molecule has 0 atom stereocenters. The van der Waals surface area contributed by atoms with Crippen molar-refractivity contribution in [3.8, 4) is 0 Å². The SMILES string of the molecule is CCC(O)(CC)CNCc1cc(C(=O)O)oc1C. The van der Waals surface area contributed by atoms with Crippen molar-refractivity contribution in [1.29, 1.82) is 0 Å². The summed E-state index contributed by atoms with van der Waals surface area (Å²) in [5, 5.41) is 22.0. The number of nitrogens with one attached hydrogen (secondary N) is 1. The summed E-state index contributed by atoms with van der Waals surface area (Å²) in [6.45, 7) is 6.58. The van der Waals surface area contributed by atoms with E-state index in [1.807, 2.05) is 13.8 Å². The summed E-state index contributed by atoms with van der Waals surface area (Å²) >= 11 is 0. The number of carbonyl (C=O) groups is 1. The van der Waals surface area contributed by atoms with Gasteiger partial charge < -0.3 is 19.9 Å². The summed E-state index contributed by atoms with van der Waals surface area (Å²) in [6, 6.07) is 1.52. The van der Waals surface area contributed by atoms with Crippen LogP contribution in [0, 0.1) is 6.92 Å². The molecule has 0 radical (unpaired) electrons. The number of carboxylic acids is 1. The molecule has 1 aromatic heterocycles. The van der Waals surface area contributed by atoms with E-state index in [4.69, 9.17) is 9.52 Å². The molecule has 0 aliphatic heterocycles. The van der Waals surface area contributed by atoms with E-state index in [0.717, 1.165) is 5.56 Å². The summed E-state index contributed by atoms with van der Waals surface area (Å²) < 4.78 is 5.11. The zero-order valence-corrected chi connectivity index (χ0v) is 11.1. The fraction of sp³-hybridized carbons (Fsp3) is 0.615. The second-order valence-electron chi connectivity index (χ2n) is 4.53. The first-order valence-corrected chi connectivity index (χ1v) is 6.17. The molecule has 0 aromatic carbocycles. The fourth-order valence-corrected chi connectivity index (χ4v) is 1.73. The van der Waals surface area contributed by atoms with Crippen LogP contribution >= 0.6 is 0 Å². The molecule has 0 aliphatic carbocycles. The molecule has 3 N–H and O–H groups in total. The first-order chi connectivity index (χ1) is 8.41. The highest BCUT2D eigenvalue weighted by Crippen LogP contribution is 2.16. The van der Waals surface area contributed by atoms with E-state index in [2.05, 4.69) is 5.32 Å². The number of furan rings is 1. The summed E-state index contributed by atoms with van der Waals surface area (Å²) in [4.78, 5) is 10.7. The molecular weight excluding hydrogens is 234 g/mol. The van der Waals surface area contributed by atoms with Gasteiger partial charge in [0.1, 0.15) is 5.76 Å². The molecule has 18 heavy (non-hydrogen) atoms. The second-order valence-corrected chi connectivity index (χ2v) is 4.53. The van der Waals surface area contributed by atoms with E-state index in [-0.39, 0.29) is 5.76 Å². The first-order valence-electron chi connectivity index (χ1n) is 6.17. The topological polar surface area (TPSA) is 82.7 Å². The molecule has 1 rings (SSSR count). The lowest BCUT2D eigenvalue weighted by molar-refractivity contribution is 0.0322. The number of rotatable bonds is 7. The van der Waals surface area contributed by atoms with Crippen LogP contribution in [0.4, 0.5) is 0 Å². The van der Waals surface area contributed by atoms with E-state index < -0.39 is 11.6 Å². The zero-order valence-electron chi connectivity index (χ0n) is 11.1. The Kier molecular flexibility index (Phi) is 4.93. The third kappa shape index (κ3) is 3.58. The van der Waals surface area contributed by atoms with Crippen molar-refractivity contribution in [1.82, 2.24) is 5.32 Å². The van der Waals surface area contributed by atoms with Crippen LogP contribution in [0.3, 0.4) is 0 Å². The molecule has 5 nitrogen and oxygen atoms in total. The Morgan fingerprint density at radius 2 is 2.06 bits per heavy atom. The number of carboxylic acid groups (broad SMARTS) is 1. The predicted molar refractivity (Wildman–Crippen MR) is 67.6 cm³/mol. The average Bonchev–Trinajstić information content (AvgIpc) is 2.71. The molecule has 0 spiro atoms. The molecule has 0 unspecified atom stereocenters. The Labute approximate surface area is 107 Å². The van der Waals surface area contributed by atoms with E-state index >= 15 is 0 Å². The van der Waals surface area contributed by atoms with Gasteiger partial charge in [-0.3, -0.25) is 0 Å². The summed E-state index contributed by atoms with van der Waals surface area (Å²) in [7, 11) is 0. The molecular formula is C13H21NO4. The second kappa shape index (κ2) is 6.02. The minimum absolute atomic E-state index is 0.0504. The highest BCUT2D eigenvalue weighted by molar-refractivity contribution is 5.84. The Hall–Kier alpha value is -1.33. The summed E-state index contributed by atoms with van der Waals surface area (Å²) in [5.74, 6) is -0.523. The van der Waals surface area contributed by atoms with Crippen molar-refractivity contribution in [3.63, 3.8) is 0 Å². The molecule has 0 amide bonds. The van der Waals surface area contributed by atoms with E-state index in [0.29, 0.717) is 31.7 Å². The average molecular weight is 255 g/mol. The Morgan fingerprint density at radius 3 is 2.50 bits per heavy atom. The van der Waals surface area contributed by atoms with Crippen LogP contribution in [-0.4, -0.2) is 28.3 Å². The number of aromatic carboxylic acids is 1. The van der Waals surface area contributed by atoms with Gasteiger partial charge in [-0.05, 0) is 25.8 Å². The van der Waals surface area contributed by atoms with Crippen molar-refractivity contribution in [2.75, 3.05) is 6.54 Å². The molecule has 0 saturated heterocycles. The maximum atomic E-state index is 10.7. The van der Waals surface area contributed by atoms with E-state index in [9.17, 15) is 9.90 Å². The molecule has 0 saturated carbocycles. The van der Waals surface area contributed by atoms with Gasteiger partial charge in [0.2, 0.25) is 5.76 Å². The minimum Gasteiger partial charge on any atom is -0.475 e. The maximum Gasteiger partial charge on any atom is 0.371 e. The number of aryl methyl sites for hydroxylation is 1. The largest absolute Gasteiger partial charge is 0.475 e. The Balaban J connectivity index is 2.56. The standard InChI is InChI=1S/C13H21NO4/c1-4-13(17,5-2)8-14-7-10-6-11(12(15)16)18-9(10)3/h6,14,17H,4-5,7-8H2,1-3H3,(H,15,16). The van der Waals surface area contributed by atoms with Gasteiger partial charge in [0.25, 0.3) is 0 Å². The number of aliphatic hydroxyl groups is 1. The van der Waals surface area contributed by atoms with Gasteiger partial charge in [-0.15, -0.1) is 0 Å². The predicted octanol–water partition coefficient (Wildman–Crippen LogP) is 1.93.